The molecule has 0 radical (unpaired) electrons. The lowest BCUT2D eigenvalue weighted by atomic mass is 9.85. The molecule has 3 rings (SSSR count). The van der Waals surface area contributed by atoms with Crippen molar-refractivity contribution >= 4 is 16.9 Å². The Hall–Kier alpha value is -3.08. The summed E-state index contributed by atoms with van der Waals surface area (Å²) in [5, 5.41) is 10.4. The molecule has 0 fully saturated rings. The van der Waals surface area contributed by atoms with Crippen molar-refractivity contribution in [1.82, 2.24) is 0 Å². The molecule has 1 heterocycles. The van der Waals surface area contributed by atoms with Crippen LogP contribution in [0.25, 0.3) is 11.0 Å². The highest BCUT2D eigenvalue weighted by Gasteiger charge is 2.31. The molecule has 0 bridgehead atoms. The van der Waals surface area contributed by atoms with Crippen molar-refractivity contribution in [3.05, 3.63) is 75.6 Å². The number of carbonyl (C=O) groups is 1. The molecule has 0 unspecified atom stereocenters. The second kappa shape index (κ2) is 6.67. The number of aryl methyl sites for hydroxylation is 1. The third-order valence-electron chi connectivity index (χ3n) is 4.58. The fraction of sp³-hybridized carbons (Fsp3) is 0.238. The quantitative estimate of drug-likeness (QED) is 0.570. The maximum absolute atomic E-state index is 12.6. The topological polar surface area (TPSA) is 76.7 Å². The molecular weight excluding hydrogens is 332 g/mol. The third-order valence-corrected chi connectivity index (χ3v) is 4.58. The second-order valence-corrected chi connectivity index (χ2v) is 6.74. The molecule has 0 atom stereocenters. The van der Waals surface area contributed by atoms with Crippen molar-refractivity contribution in [1.29, 1.82) is 0 Å². The van der Waals surface area contributed by atoms with Crippen LogP contribution < -0.4 is 5.63 Å². The van der Waals surface area contributed by atoms with E-state index < -0.39 is 11.0 Å². The zero-order valence-electron chi connectivity index (χ0n) is 14.9. The molecule has 1 N–H and O–H groups in total. The molecular formula is C21H20O5. The van der Waals surface area contributed by atoms with Gasteiger partial charge >= 0.3 is 11.6 Å². The maximum atomic E-state index is 12.6. The number of ether oxygens (including phenoxy) is 1. The number of hydrogen-bond donors (Lipinski definition) is 1. The summed E-state index contributed by atoms with van der Waals surface area (Å²) in [4.78, 5) is 24.5. The van der Waals surface area contributed by atoms with Gasteiger partial charge in [-0.1, -0.05) is 30.3 Å². The van der Waals surface area contributed by atoms with Crippen LogP contribution in [0.3, 0.4) is 0 Å². The monoisotopic (exact) mass is 352 g/mol. The summed E-state index contributed by atoms with van der Waals surface area (Å²) < 4.78 is 10.7. The van der Waals surface area contributed by atoms with E-state index >= 15 is 0 Å². The van der Waals surface area contributed by atoms with E-state index in [2.05, 4.69) is 0 Å². The Morgan fingerprint density at radius 1 is 1.15 bits per heavy atom. The van der Waals surface area contributed by atoms with Crippen LogP contribution in [-0.4, -0.2) is 11.1 Å². The first-order chi connectivity index (χ1) is 12.3. The van der Waals surface area contributed by atoms with Crippen LogP contribution >= 0.6 is 0 Å². The van der Waals surface area contributed by atoms with Gasteiger partial charge in [0.1, 0.15) is 17.9 Å². The Bertz CT molecular complexity index is 1020. The number of phenols is 1. The average Bonchev–Trinajstić information content (AvgIpc) is 2.63. The Balaban J connectivity index is 1.89. The van der Waals surface area contributed by atoms with Crippen LogP contribution in [0.4, 0.5) is 0 Å². The van der Waals surface area contributed by atoms with Crippen molar-refractivity contribution in [2.24, 2.45) is 0 Å². The Kier molecular flexibility index (Phi) is 4.55. The summed E-state index contributed by atoms with van der Waals surface area (Å²) in [5.41, 5.74) is 0.785. The normalized spacial score (nSPS) is 11.5. The van der Waals surface area contributed by atoms with Crippen LogP contribution in [-0.2, 0) is 21.6 Å². The molecule has 5 nitrogen and oxygen atoms in total. The third kappa shape index (κ3) is 3.20. The van der Waals surface area contributed by atoms with Crippen LogP contribution in [0.2, 0.25) is 0 Å². The van der Waals surface area contributed by atoms with Gasteiger partial charge in [-0.2, -0.15) is 0 Å². The van der Waals surface area contributed by atoms with E-state index in [0.29, 0.717) is 22.1 Å². The van der Waals surface area contributed by atoms with Gasteiger partial charge < -0.3 is 14.3 Å². The number of phenolic OH excluding ortho intramolecular Hbond substituents is 1. The van der Waals surface area contributed by atoms with Crippen LogP contribution in [0.1, 0.15) is 30.5 Å². The Labute approximate surface area is 150 Å². The number of rotatable bonds is 4. The van der Waals surface area contributed by atoms with E-state index in [4.69, 9.17) is 9.15 Å². The zero-order valence-corrected chi connectivity index (χ0v) is 14.9. The largest absolute Gasteiger partial charge is 0.508 e. The van der Waals surface area contributed by atoms with E-state index in [0.717, 1.165) is 5.56 Å². The fourth-order valence-corrected chi connectivity index (χ4v) is 2.83. The standard InChI is InChI=1S/C21H20O5/c1-13-17(22)10-9-16-14(11-18(23)26-19(13)16)12-25-20(24)21(2,3)15-7-5-4-6-8-15/h4-11,22H,12H2,1-3H3. The summed E-state index contributed by atoms with van der Waals surface area (Å²) in [5.74, 6) is -0.347. The Morgan fingerprint density at radius 2 is 1.85 bits per heavy atom. The molecule has 2 aromatic carbocycles. The predicted molar refractivity (Wildman–Crippen MR) is 98.1 cm³/mol. The molecule has 0 amide bonds. The van der Waals surface area contributed by atoms with Gasteiger partial charge in [0, 0.05) is 22.6 Å². The molecule has 3 aromatic rings. The van der Waals surface area contributed by atoms with Crippen molar-refractivity contribution < 1.29 is 19.1 Å². The van der Waals surface area contributed by atoms with E-state index in [1.807, 2.05) is 30.3 Å². The molecule has 0 aliphatic carbocycles. The number of hydrogen-bond acceptors (Lipinski definition) is 5. The van der Waals surface area contributed by atoms with Gasteiger partial charge in [-0.25, -0.2) is 4.79 Å². The number of carbonyl (C=O) groups excluding carboxylic acids is 1. The van der Waals surface area contributed by atoms with Crippen LogP contribution in [0.5, 0.6) is 5.75 Å². The van der Waals surface area contributed by atoms with Gasteiger partial charge in [0.15, 0.2) is 0 Å². The summed E-state index contributed by atoms with van der Waals surface area (Å²) in [7, 11) is 0. The average molecular weight is 352 g/mol. The first kappa shape index (κ1) is 17.7. The molecule has 1 aromatic heterocycles. The van der Waals surface area contributed by atoms with Gasteiger partial charge in [-0.05, 0) is 38.5 Å². The SMILES string of the molecule is Cc1c(O)ccc2c(COC(=O)C(C)(C)c3ccccc3)cc(=O)oc12. The van der Waals surface area contributed by atoms with Crippen molar-refractivity contribution in [3.8, 4) is 5.75 Å². The van der Waals surface area contributed by atoms with E-state index in [9.17, 15) is 14.7 Å². The molecule has 0 spiro atoms. The summed E-state index contributed by atoms with van der Waals surface area (Å²) >= 11 is 0. The Morgan fingerprint density at radius 3 is 2.54 bits per heavy atom. The van der Waals surface area contributed by atoms with Gasteiger partial charge in [0.05, 0.1) is 5.41 Å². The molecule has 26 heavy (non-hydrogen) atoms. The molecule has 134 valence electrons. The minimum atomic E-state index is -0.815. The highest BCUT2D eigenvalue weighted by atomic mass is 16.5. The minimum absolute atomic E-state index is 0.0417. The van der Waals surface area contributed by atoms with Gasteiger partial charge in [-0.3, -0.25) is 4.79 Å². The summed E-state index contributed by atoms with van der Waals surface area (Å²) in [6, 6.07) is 13.9. The minimum Gasteiger partial charge on any atom is -0.508 e. The first-order valence-corrected chi connectivity index (χ1v) is 8.29. The highest BCUT2D eigenvalue weighted by molar-refractivity contribution is 5.85. The fourth-order valence-electron chi connectivity index (χ4n) is 2.83. The number of benzene rings is 2. The van der Waals surface area contributed by atoms with Crippen molar-refractivity contribution in [2.45, 2.75) is 32.8 Å². The first-order valence-electron chi connectivity index (χ1n) is 8.29. The van der Waals surface area contributed by atoms with Crippen molar-refractivity contribution in [2.75, 3.05) is 0 Å². The number of esters is 1. The van der Waals surface area contributed by atoms with Gasteiger partial charge in [0.2, 0.25) is 0 Å². The van der Waals surface area contributed by atoms with Gasteiger partial charge in [-0.15, -0.1) is 0 Å². The van der Waals surface area contributed by atoms with E-state index in [1.165, 1.54) is 12.1 Å². The summed E-state index contributed by atoms with van der Waals surface area (Å²) in [6.07, 6.45) is 0. The smallest absolute Gasteiger partial charge is 0.336 e. The maximum Gasteiger partial charge on any atom is 0.336 e. The van der Waals surface area contributed by atoms with Crippen LogP contribution in [0.15, 0.2) is 57.7 Å². The zero-order chi connectivity index (χ0) is 18.9. The number of aromatic hydroxyl groups is 1. The summed E-state index contributed by atoms with van der Waals surface area (Å²) in [6.45, 7) is 5.20. The second-order valence-electron chi connectivity index (χ2n) is 6.74. The molecule has 0 aliphatic rings. The molecule has 0 saturated carbocycles. The van der Waals surface area contributed by atoms with Gasteiger partial charge in [0.25, 0.3) is 0 Å². The van der Waals surface area contributed by atoms with E-state index in [1.54, 1.807) is 26.8 Å². The van der Waals surface area contributed by atoms with Crippen LogP contribution in [0, 0.1) is 6.92 Å². The highest BCUT2D eigenvalue weighted by Crippen LogP contribution is 2.29. The number of fused-ring (bicyclic) bond motifs is 1. The lowest BCUT2D eigenvalue weighted by Gasteiger charge is -2.23. The predicted octanol–water partition coefficient (Wildman–Crippen LogP) is 3.83. The molecule has 0 saturated heterocycles. The lowest BCUT2D eigenvalue weighted by molar-refractivity contribution is -0.150. The molecule has 5 heteroatoms. The van der Waals surface area contributed by atoms with E-state index in [-0.39, 0.29) is 18.3 Å². The van der Waals surface area contributed by atoms with Crippen molar-refractivity contribution in [3.63, 3.8) is 0 Å². The molecule has 0 aliphatic heterocycles. The lowest BCUT2D eigenvalue weighted by Crippen LogP contribution is -2.31.